The third kappa shape index (κ3) is 6.08. The second kappa shape index (κ2) is 8.24. The molecule has 0 heterocycles. The summed E-state index contributed by atoms with van der Waals surface area (Å²) in [7, 11) is 0. The van der Waals surface area contributed by atoms with E-state index in [1.54, 1.807) is 0 Å². The maximum Gasteiger partial charge on any atom is 0.422 e. The summed E-state index contributed by atoms with van der Waals surface area (Å²) in [6, 6.07) is 1.77. The summed E-state index contributed by atoms with van der Waals surface area (Å²) in [5.41, 5.74) is -0.231. The summed E-state index contributed by atoms with van der Waals surface area (Å²) in [6.45, 7) is -1.58. The molecule has 0 aromatic heterocycles. The van der Waals surface area contributed by atoms with Gasteiger partial charge in [0.15, 0.2) is 6.61 Å². The number of carbonyl (C=O) groups is 2. The molecule has 0 unspecified atom stereocenters. The quantitative estimate of drug-likeness (QED) is 0.684. The second-order valence-electron chi connectivity index (χ2n) is 6.03. The summed E-state index contributed by atoms with van der Waals surface area (Å²) >= 11 is 0. The molecule has 0 radical (unpaired) electrons. The van der Waals surface area contributed by atoms with Gasteiger partial charge in [-0.05, 0) is 37.8 Å². The van der Waals surface area contributed by atoms with Gasteiger partial charge in [0.05, 0.1) is 11.6 Å². The third-order valence-corrected chi connectivity index (χ3v) is 3.99. The van der Waals surface area contributed by atoms with Gasteiger partial charge in [0.1, 0.15) is 11.6 Å². The van der Waals surface area contributed by atoms with Crippen LogP contribution in [0.4, 0.5) is 28.0 Å². The van der Waals surface area contributed by atoms with Gasteiger partial charge in [0.25, 0.3) is 0 Å². The van der Waals surface area contributed by atoms with Crippen LogP contribution in [0.3, 0.4) is 0 Å². The van der Waals surface area contributed by atoms with E-state index in [1.807, 2.05) is 0 Å². The highest BCUT2D eigenvalue weighted by atomic mass is 19.4. The maximum atomic E-state index is 13.3. The normalized spacial score (nSPS) is 20.3. The van der Waals surface area contributed by atoms with Crippen molar-refractivity contribution in [3.63, 3.8) is 0 Å². The van der Waals surface area contributed by atoms with Gasteiger partial charge in [-0.3, -0.25) is 4.79 Å². The van der Waals surface area contributed by atoms with Crippen molar-refractivity contribution in [2.75, 3.05) is 11.9 Å². The Morgan fingerprint density at radius 3 is 2.42 bits per heavy atom. The number of rotatable bonds is 5. The van der Waals surface area contributed by atoms with E-state index in [4.69, 9.17) is 5.11 Å². The molecule has 0 spiro atoms. The Balaban J connectivity index is 1.94. The molecule has 0 saturated heterocycles. The number of hydrogen-bond acceptors (Lipinski definition) is 3. The average molecular weight is 378 g/mol. The highest BCUT2D eigenvalue weighted by Crippen LogP contribution is 2.28. The van der Waals surface area contributed by atoms with Crippen molar-refractivity contribution < 1.29 is 37.0 Å². The molecule has 1 aliphatic carbocycles. The molecule has 144 valence electrons. The van der Waals surface area contributed by atoms with Crippen LogP contribution in [0.5, 0.6) is 5.75 Å². The van der Waals surface area contributed by atoms with E-state index in [1.165, 1.54) is 0 Å². The molecule has 1 aliphatic rings. The van der Waals surface area contributed by atoms with Gasteiger partial charge in [0.2, 0.25) is 0 Å². The number of nitrogens with one attached hydrogen (secondary N) is 2. The SMILES string of the molecule is O=C(Nc1cc(F)ccc1OCC(F)(F)F)NC1CCC(C(=O)O)CC1. The molecule has 1 aromatic carbocycles. The number of carboxylic acids is 1. The first-order valence-corrected chi connectivity index (χ1v) is 7.93. The first-order chi connectivity index (χ1) is 12.1. The molecule has 10 heteroatoms. The van der Waals surface area contributed by atoms with Gasteiger partial charge in [-0.25, -0.2) is 9.18 Å². The molecule has 0 atom stereocenters. The fourth-order valence-electron chi connectivity index (χ4n) is 2.71. The highest BCUT2D eigenvalue weighted by Gasteiger charge is 2.29. The van der Waals surface area contributed by atoms with Crippen LogP contribution in [-0.2, 0) is 4.79 Å². The number of halogens is 4. The number of aliphatic carboxylic acids is 1. The predicted molar refractivity (Wildman–Crippen MR) is 83.5 cm³/mol. The lowest BCUT2D eigenvalue weighted by molar-refractivity contribution is -0.153. The van der Waals surface area contributed by atoms with Gasteiger partial charge in [-0.2, -0.15) is 13.2 Å². The van der Waals surface area contributed by atoms with E-state index in [0.29, 0.717) is 25.7 Å². The molecule has 0 bridgehead atoms. The predicted octanol–water partition coefficient (Wildman–Crippen LogP) is 3.53. The molecular formula is C16H18F4N2O4. The van der Waals surface area contributed by atoms with Crippen molar-refractivity contribution in [3.8, 4) is 5.75 Å². The number of carboxylic acid groups (broad SMARTS) is 1. The van der Waals surface area contributed by atoms with Crippen molar-refractivity contribution in [1.82, 2.24) is 5.32 Å². The summed E-state index contributed by atoms with van der Waals surface area (Å²) < 4.78 is 54.7. The molecule has 3 N–H and O–H groups in total. The van der Waals surface area contributed by atoms with E-state index in [2.05, 4.69) is 15.4 Å². The standard InChI is InChI=1S/C16H18F4N2O4/c17-10-3-6-13(26-8-16(18,19)20)12(7-10)22-15(25)21-11-4-1-9(2-5-11)14(23)24/h3,6-7,9,11H,1-2,4-5,8H2,(H,23,24)(H2,21,22,25). The number of benzene rings is 1. The highest BCUT2D eigenvalue weighted by molar-refractivity contribution is 5.91. The van der Waals surface area contributed by atoms with Gasteiger partial charge < -0.3 is 20.5 Å². The minimum absolute atomic E-state index is 0.231. The van der Waals surface area contributed by atoms with Gasteiger partial charge in [-0.15, -0.1) is 0 Å². The number of ether oxygens (including phenoxy) is 1. The van der Waals surface area contributed by atoms with Gasteiger partial charge in [-0.1, -0.05) is 0 Å². The first-order valence-electron chi connectivity index (χ1n) is 7.93. The van der Waals surface area contributed by atoms with Crippen LogP contribution in [0.1, 0.15) is 25.7 Å². The molecule has 1 saturated carbocycles. The monoisotopic (exact) mass is 378 g/mol. The number of amides is 2. The Morgan fingerprint density at radius 2 is 1.85 bits per heavy atom. The van der Waals surface area contributed by atoms with Crippen LogP contribution in [0.15, 0.2) is 18.2 Å². The van der Waals surface area contributed by atoms with Gasteiger partial charge in [0, 0.05) is 12.1 Å². The molecule has 6 nitrogen and oxygen atoms in total. The maximum absolute atomic E-state index is 13.3. The molecule has 0 aliphatic heterocycles. The largest absolute Gasteiger partial charge is 0.482 e. The third-order valence-electron chi connectivity index (χ3n) is 3.99. The van der Waals surface area contributed by atoms with Crippen LogP contribution in [0, 0.1) is 11.7 Å². The Morgan fingerprint density at radius 1 is 1.19 bits per heavy atom. The lowest BCUT2D eigenvalue weighted by Gasteiger charge is -2.27. The Hall–Kier alpha value is -2.52. The molecular weight excluding hydrogens is 360 g/mol. The second-order valence-corrected chi connectivity index (χ2v) is 6.03. The summed E-state index contributed by atoms with van der Waals surface area (Å²) in [6.07, 6.45) is -2.81. The number of alkyl halides is 3. The zero-order valence-corrected chi connectivity index (χ0v) is 13.6. The number of anilines is 1. The Labute approximate surface area is 146 Å². The van der Waals surface area contributed by atoms with Crippen LogP contribution in [0.25, 0.3) is 0 Å². The van der Waals surface area contributed by atoms with Crippen molar-refractivity contribution >= 4 is 17.7 Å². The van der Waals surface area contributed by atoms with Crippen LogP contribution < -0.4 is 15.4 Å². The average Bonchev–Trinajstić information content (AvgIpc) is 2.53. The van der Waals surface area contributed by atoms with Crippen LogP contribution >= 0.6 is 0 Å². The van der Waals surface area contributed by atoms with E-state index in [9.17, 15) is 27.2 Å². The summed E-state index contributed by atoms with van der Waals surface area (Å²) in [5.74, 6) is -2.38. The molecule has 1 fully saturated rings. The lowest BCUT2D eigenvalue weighted by atomic mass is 9.86. The van der Waals surface area contributed by atoms with Crippen molar-refractivity contribution in [2.24, 2.45) is 5.92 Å². The smallest absolute Gasteiger partial charge is 0.422 e. The number of urea groups is 1. The van der Waals surface area contributed by atoms with Crippen molar-refractivity contribution in [1.29, 1.82) is 0 Å². The fraction of sp³-hybridized carbons (Fsp3) is 0.500. The topological polar surface area (TPSA) is 87.7 Å². The fourth-order valence-corrected chi connectivity index (χ4v) is 2.71. The minimum atomic E-state index is -4.57. The molecule has 2 rings (SSSR count). The summed E-state index contributed by atoms with van der Waals surface area (Å²) in [4.78, 5) is 22.9. The van der Waals surface area contributed by atoms with Crippen molar-refractivity contribution in [2.45, 2.75) is 37.9 Å². The lowest BCUT2D eigenvalue weighted by Crippen LogP contribution is -2.41. The van der Waals surface area contributed by atoms with E-state index in [0.717, 1.165) is 18.2 Å². The molecule has 2 amide bonds. The number of carbonyl (C=O) groups excluding carboxylic acids is 1. The Bertz CT molecular complexity index is 658. The zero-order chi connectivity index (χ0) is 19.3. The molecule has 1 aromatic rings. The Kier molecular flexibility index (Phi) is 6.27. The van der Waals surface area contributed by atoms with E-state index < -0.39 is 36.5 Å². The van der Waals surface area contributed by atoms with Gasteiger partial charge >= 0.3 is 18.2 Å². The van der Waals surface area contributed by atoms with E-state index in [-0.39, 0.29) is 17.5 Å². The summed E-state index contributed by atoms with van der Waals surface area (Å²) in [5, 5.41) is 13.8. The molecule has 26 heavy (non-hydrogen) atoms. The van der Waals surface area contributed by atoms with E-state index >= 15 is 0 Å². The zero-order valence-electron chi connectivity index (χ0n) is 13.6. The number of hydrogen-bond donors (Lipinski definition) is 3. The minimum Gasteiger partial charge on any atom is -0.482 e. The van der Waals surface area contributed by atoms with Crippen LogP contribution in [0.2, 0.25) is 0 Å². The first kappa shape index (κ1) is 19.8. The van der Waals surface area contributed by atoms with Crippen molar-refractivity contribution in [3.05, 3.63) is 24.0 Å². The van der Waals surface area contributed by atoms with Crippen LogP contribution in [-0.4, -0.2) is 35.9 Å².